The first kappa shape index (κ1) is 13.3. The van der Waals surface area contributed by atoms with E-state index in [4.69, 9.17) is 10.8 Å². The zero-order chi connectivity index (χ0) is 14.1. The third-order valence-corrected chi connectivity index (χ3v) is 4.77. The monoisotopic (exact) mass is 288 g/mol. The van der Waals surface area contributed by atoms with E-state index in [2.05, 4.69) is 29.2 Å². The van der Waals surface area contributed by atoms with Gasteiger partial charge >= 0.3 is 5.97 Å². The SMILES string of the molecule is NC(C(=O)O)c1csc(C2CCCc3ccccc32)n1. The molecule has 3 N–H and O–H groups in total. The Bertz CT molecular complexity index is 638. The molecule has 0 saturated heterocycles. The van der Waals surface area contributed by atoms with Crippen LogP contribution in [0.15, 0.2) is 29.6 Å². The molecule has 0 fully saturated rings. The van der Waals surface area contributed by atoms with Gasteiger partial charge in [0.15, 0.2) is 0 Å². The largest absolute Gasteiger partial charge is 0.480 e. The standard InChI is InChI=1S/C15H16N2O2S/c16-13(15(18)19)12-8-20-14(17-12)11-7-3-5-9-4-1-2-6-10(9)11/h1-2,4,6,8,11,13H,3,5,7,16H2,(H,18,19). The fourth-order valence-electron chi connectivity index (χ4n) is 2.74. The molecule has 0 amide bonds. The van der Waals surface area contributed by atoms with Crippen molar-refractivity contribution in [3.05, 3.63) is 51.5 Å². The van der Waals surface area contributed by atoms with Gasteiger partial charge < -0.3 is 10.8 Å². The minimum Gasteiger partial charge on any atom is -0.480 e. The molecule has 104 valence electrons. The predicted octanol–water partition coefficient (Wildman–Crippen LogP) is 2.70. The first-order valence-corrected chi connectivity index (χ1v) is 7.56. The summed E-state index contributed by atoms with van der Waals surface area (Å²) in [5.41, 5.74) is 8.78. The van der Waals surface area contributed by atoms with E-state index in [1.807, 2.05) is 0 Å². The van der Waals surface area contributed by atoms with Crippen LogP contribution < -0.4 is 5.73 Å². The number of benzene rings is 1. The predicted molar refractivity (Wildman–Crippen MR) is 77.9 cm³/mol. The molecule has 1 aromatic heterocycles. The van der Waals surface area contributed by atoms with Crippen molar-refractivity contribution in [3.63, 3.8) is 0 Å². The Morgan fingerprint density at radius 2 is 2.25 bits per heavy atom. The molecule has 0 aliphatic heterocycles. The van der Waals surface area contributed by atoms with Gasteiger partial charge in [-0.2, -0.15) is 0 Å². The van der Waals surface area contributed by atoms with Crippen molar-refractivity contribution in [2.75, 3.05) is 0 Å². The van der Waals surface area contributed by atoms with Crippen LogP contribution in [0.1, 0.15) is 46.6 Å². The van der Waals surface area contributed by atoms with Crippen LogP contribution in [0.2, 0.25) is 0 Å². The van der Waals surface area contributed by atoms with Crippen molar-refractivity contribution < 1.29 is 9.90 Å². The second-order valence-corrected chi connectivity index (χ2v) is 5.96. The number of thiazole rings is 1. The van der Waals surface area contributed by atoms with Crippen LogP contribution in [-0.2, 0) is 11.2 Å². The number of carbonyl (C=O) groups is 1. The number of aliphatic carboxylic acids is 1. The van der Waals surface area contributed by atoms with Crippen LogP contribution in [0, 0.1) is 0 Å². The maximum atomic E-state index is 10.9. The van der Waals surface area contributed by atoms with E-state index in [0.717, 1.165) is 24.3 Å². The van der Waals surface area contributed by atoms with Gasteiger partial charge in [0.1, 0.15) is 11.0 Å². The minimum absolute atomic E-state index is 0.277. The van der Waals surface area contributed by atoms with Gasteiger partial charge in [-0.1, -0.05) is 24.3 Å². The highest BCUT2D eigenvalue weighted by Gasteiger charge is 2.25. The lowest BCUT2D eigenvalue weighted by molar-refractivity contribution is -0.138. The number of hydrogen-bond donors (Lipinski definition) is 2. The second kappa shape index (κ2) is 5.34. The number of aryl methyl sites for hydroxylation is 1. The summed E-state index contributed by atoms with van der Waals surface area (Å²) in [5, 5.41) is 11.7. The summed E-state index contributed by atoms with van der Waals surface area (Å²) in [6.07, 6.45) is 3.31. The molecule has 2 unspecified atom stereocenters. The van der Waals surface area contributed by atoms with Crippen molar-refractivity contribution in [2.45, 2.75) is 31.2 Å². The summed E-state index contributed by atoms with van der Waals surface area (Å²) >= 11 is 1.51. The molecule has 1 aliphatic rings. The average molecular weight is 288 g/mol. The van der Waals surface area contributed by atoms with Crippen molar-refractivity contribution in [3.8, 4) is 0 Å². The van der Waals surface area contributed by atoms with E-state index in [1.54, 1.807) is 5.38 Å². The molecule has 2 atom stereocenters. The Balaban J connectivity index is 1.93. The van der Waals surface area contributed by atoms with E-state index in [9.17, 15) is 4.79 Å². The van der Waals surface area contributed by atoms with Crippen LogP contribution in [0.25, 0.3) is 0 Å². The number of carboxylic acid groups (broad SMARTS) is 1. The molecule has 4 nitrogen and oxygen atoms in total. The van der Waals surface area contributed by atoms with Gasteiger partial charge in [0.2, 0.25) is 0 Å². The quantitative estimate of drug-likeness (QED) is 0.910. The van der Waals surface area contributed by atoms with E-state index in [0.29, 0.717) is 5.69 Å². The molecule has 1 aliphatic carbocycles. The Morgan fingerprint density at radius 1 is 1.45 bits per heavy atom. The fraction of sp³-hybridized carbons (Fsp3) is 0.333. The van der Waals surface area contributed by atoms with Gasteiger partial charge in [0, 0.05) is 11.3 Å². The zero-order valence-electron chi connectivity index (χ0n) is 11.0. The van der Waals surface area contributed by atoms with Crippen molar-refractivity contribution in [2.24, 2.45) is 5.73 Å². The van der Waals surface area contributed by atoms with Gasteiger partial charge in [-0.3, -0.25) is 4.79 Å². The summed E-state index contributed by atoms with van der Waals surface area (Å²) in [6, 6.07) is 7.40. The number of carboxylic acids is 1. The van der Waals surface area contributed by atoms with E-state index < -0.39 is 12.0 Å². The van der Waals surface area contributed by atoms with Crippen molar-refractivity contribution >= 4 is 17.3 Å². The third kappa shape index (κ3) is 2.34. The number of nitrogens with zero attached hydrogens (tertiary/aromatic N) is 1. The van der Waals surface area contributed by atoms with E-state index in [1.165, 1.54) is 22.5 Å². The smallest absolute Gasteiger partial charge is 0.326 e. The summed E-state index contributed by atoms with van der Waals surface area (Å²) < 4.78 is 0. The van der Waals surface area contributed by atoms with Crippen LogP contribution in [0.4, 0.5) is 0 Å². The summed E-state index contributed by atoms with van der Waals surface area (Å²) in [6.45, 7) is 0. The Labute approximate surface area is 121 Å². The highest BCUT2D eigenvalue weighted by Crippen LogP contribution is 2.38. The number of aromatic nitrogens is 1. The Hall–Kier alpha value is -1.72. The maximum Gasteiger partial charge on any atom is 0.326 e. The van der Waals surface area contributed by atoms with Crippen molar-refractivity contribution in [1.29, 1.82) is 0 Å². The molecule has 0 saturated carbocycles. The molecular weight excluding hydrogens is 272 g/mol. The lowest BCUT2D eigenvalue weighted by Gasteiger charge is -2.23. The second-order valence-electron chi connectivity index (χ2n) is 5.07. The summed E-state index contributed by atoms with van der Waals surface area (Å²) in [4.78, 5) is 15.4. The maximum absolute atomic E-state index is 10.9. The third-order valence-electron chi connectivity index (χ3n) is 3.79. The highest BCUT2D eigenvalue weighted by molar-refractivity contribution is 7.09. The molecule has 1 heterocycles. The summed E-state index contributed by atoms with van der Waals surface area (Å²) in [5.74, 6) is -0.759. The fourth-order valence-corrected chi connectivity index (χ4v) is 3.75. The number of fused-ring (bicyclic) bond motifs is 1. The average Bonchev–Trinajstić information content (AvgIpc) is 2.95. The number of nitrogens with two attached hydrogens (primary N) is 1. The molecule has 20 heavy (non-hydrogen) atoms. The van der Waals surface area contributed by atoms with Gasteiger partial charge in [-0.15, -0.1) is 11.3 Å². The van der Waals surface area contributed by atoms with Crippen LogP contribution >= 0.6 is 11.3 Å². The van der Waals surface area contributed by atoms with Crippen molar-refractivity contribution in [1.82, 2.24) is 4.98 Å². The van der Waals surface area contributed by atoms with Gasteiger partial charge in [-0.05, 0) is 30.4 Å². The minimum atomic E-state index is -1.04. The first-order chi connectivity index (χ1) is 9.66. The first-order valence-electron chi connectivity index (χ1n) is 6.68. The molecule has 0 bridgehead atoms. The van der Waals surface area contributed by atoms with Crippen LogP contribution in [-0.4, -0.2) is 16.1 Å². The van der Waals surface area contributed by atoms with E-state index in [-0.39, 0.29) is 5.92 Å². The number of rotatable bonds is 3. The Morgan fingerprint density at radius 3 is 3.05 bits per heavy atom. The zero-order valence-corrected chi connectivity index (χ0v) is 11.8. The molecule has 5 heteroatoms. The lowest BCUT2D eigenvalue weighted by Crippen LogP contribution is -2.21. The van der Waals surface area contributed by atoms with E-state index >= 15 is 0 Å². The molecular formula is C15H16N2O2S. The molecule has 0 radical (unpaired) electrons. The number of hydrogen-bond acceptors (Lipinski definition) is 4. The molecule has 1 aromatic carbocycles. The van der Waals surface area contributed by atoms with Gasteiger partial charge in [0.25, 0.3) is 0 Å². The normalized spacial score (nSPS) is 19.4. The molecule has 2 aromatic rings. The van der Waals surface area contributed by atoms with Gasteiger partial charge in [-0.25, -0.2) is 4.98 Å². The van der Waals surface area contributed by atoms with Crippen LogP contribution in [0.5, 0.6) is 0 Å². The summed E-state index contributed by atoms with van der Waals surface area (Å²) in [7, 11) is 0. The molecule has 3 rings (SSSR count). The lowest BCUT2D eigenvalue weighted by atomic mass is 9.83. The van der Waals surface area contributed by atoms with Crippen LogP contribution in [0.3, 0.4) is 0 Å². The Kier molecular flexibility index (Phi) is 3.54. The topological polar surface area (TPSA) is 76.2 Å². The highest BCUT2D eigenvalue weighted by atomic mass is 32.1. The van der Waals surface area contributed by atoms with Gasteiger partial charge in [0.05, 0.1) is 5.69 Å². The molecule has 0 spiro atoms.